The van der Waals surface area contributed by atoms with Crippen molar-refractivity contribution in [2.75, 3.05) is 26.8 Å². The van der Waals surface area contributed by atoms with Crippen LogP contribution in [-0.2, 0) is 6.54 Å². The molecule has 1 unspecified atom stereocenters. The Morgan fingerprint density at radius 2 is 2.29 bits per heavy atom. The van der Waals surface area contributed by atoms with Gasteiger partial charge < -0.3 is 19.8 Å². The molecule has 0 aromatic heterocycles. The largest absolute Gasteiger partial charge is 0.865 e. The van der Waals surface area contributed by atoms with Gasteiger partial charge in [0.25, 0.3) is 5.69 Å². The number of piperidine rings is 1. The van der Waals surface area contributed by atoms with Crippen molar-refractivity contribution in [1.29, 1.82) is 0 Å². The summed E-state index contributed by atoms with van der Waals surface area (Å²) in [6.07, 6.45) is 2.04. The number of methoxy groups -OCH3 is 1. The molecule has 1 fully saturated rings. The van der Waals surface area contributed by atoms with Crippen LogP contribution in [0, 0.1) is 16.0 Å². The molecule has 0 aliphatic carbocycles. The fraction of sp³-hybridized carbons (Fsp3) is 0.571. The van der Waals surface area contributed by atoms with Gasteiger partial charge in [0.1, 0.15) is 12.3 Å². The van der Waals surface area contributed by atoms with Gasteiger partial charge in [0.15, 0.2) is 0 Å². The molecule has 2 atom stereocenters. The molecule has 21 heavy (non-hydrogen) atoms. The second kappa shape index (κ2) is 6.73. The molecule has 0 saturated carbocycles. The second-order valence-electron chi connectivity index (χ2n) is 5.48. The van der Waals surface area contributed by atoms with Gasteiger partial charge in [-0.1, -0.05) is 0 Å². The molecule has 1 saturated heterocycles. The van der Waals surface area contributed by atoms with Crippen LogP contribution in [0.1, 0.15) is 18.4 Å². The zero-order chi connectivity index (χ0) is 15.4. The van der Waals surface area contributed by atoms with Crippen molar-refractivity contribution < 1.29 is 24.8 Å². The summed E-state index contributed by atoms with van der Waals surface area (Å²) < 4.78 is 4.94. The fourth-order valence-corrected chi connectivity index (χ4v) is 2.89. The number of nitrogens with one attached hydrogen (secondary N) is 1. The number of nitro benzene ring substituents is 1. The van der Waals surface area contributed by atoms with E-state index in [1.165, 1.54) is 18.1 Å². The van der Waals surface area contributed by atoms with E-state index in [2.05, 4.69) is 0 Å². The van der Waals surface area contributed by atoms with E-state index < -0.39 is 16.4 Å². The number of likely N-dealkylation sites (tertiary alicyclic amines) is 1. The number of aliphatic hydroxyl groups excluding tert-OH is 1. The molecule has 0 amide bonds. The smallest absolute Gasteiger partial charge is 0.265 e. The highest BCUT2D eigenvalue weighted by Crippen LogP contribution is 2.34. The molecule has 0 spiro atoms. The molecular weight excluding hydrogens is 276 g/mol. The number of nitro groups is 1. The van der Waals surface area contributed by atoms with E-state index in [0.717, 1.165) is 25.9 Å². The molecule has 1 heterocycles. The lowest BCUT2D eigenvalue weighted by Crippen LogP contribution is -3.12. The number of ether oxygens (including phenoxy) is 1. The summed E-state index contributed by atoms with van der Waals surface area (Å²) in [6, 6.07) is 2.91. The van der Waals surface area contributed by atoms with E-state index in [9.17, 15) is 20.3 Å². The highest BCUT2D eigenvalue weighted by molar-refractivity contribution is 5.56. The lowest BCUT2D eigenvalue weighted by Gasteiger charge is -2.29. The fourth-order valence-electron chi connectivity index (χ4n) is 2.89. The van der Waals surface area contributed by atoms with E-state index >= 15 is 0 Å². The third-order valence-corrected chi connectivity index (χ3v) is 3.94. The maximum Gasteiger partial charge on any atom is 0.265 e. The van der Waals surface area contributed by atoms with Gasteiger partial charge in [0.05, 0.1) is 31.7 Å². The molecule has 116 valence electrons. The predicted octanol–water partition coefficient (Wildman–Crippen LogP) is -0.536. The first-order valence-electron chi connectivity index (χ1n) is 7.02. The van der Waals surface area contributed by atoms with Crippen LogP contribution in [0.25, 0.3) is 0 Å². The molecule has 1 aromatic rings. The predicted molar refractivity (Wildman–Crippen MR) is 73.3 cm³/mol. The van der Waals surface area contributed by atoms with E-state index in [1.807, 2.05) is 0 Å². The second-order valence-corrected chi connectivity index (χ2v) is 5.48. The van der Waals surface area contributed by atoms with Crippen molar-refractivity contribution in [1.82, 2.24) is 0 Å². The Hall–Kier alpha value is -1.86. The maximum atomic E-state index is 11.8. The number of quaternary nitrogens is 1. The van der Waals surface area contributed by atoms with Gasteiger partial charge in [-0.25, -0.2) is 0 Å². The summed E-state index contributed by atoms with van der Waals surface area (Å²) in [5.74, 6) is -0.396. The van der Waals surface area contributed by atoms with Gasteiger partial charge in [-0.2, -0.15) is 0 Å². The summed E-state index contributed by atoms with van der Waals surface area (Å²) >= 11 is 0. The van der Waals surface area contributed by atoms with Crippen LogP contribution in [0.5, 0.6) is 11.5 Å². The monoisotopic (exact) mass is 296 g/mol. The Kier molecular flexibility index (Phi) is 4.98. The van der Waals surface area contributed by atoms with Crippen LogP contribution >= 0.6 is 0 Å². The summed E-state index contributed by atoms with van der Waals surface area (Å²) in [5.41, 5.74) is 0.270. The van der Waals surface area contributed by atoms with Crippen LogP contribution in [0.15, 0.2) is 12.1 Å². The average Bonchev–Trinajstić information content (AvgIpc) is 2.48. The van der Waals surface area contributed by atoms with E-state index in [1.54, 1.807) is 6.07 Å². The third-order valence-electron chi connectivity index (χ3n) is 3.94. The van der Waals surface area contributed by atoms with Crippen molar-refractivity contribution >= 4 is 5.69 Å². The third kappa shape index (κ3) is 3.62. The molecule has 2 rings (SSSR count). The number of nitrogens with zero attached hydrogens (tertiary/aromatic N) is 1. The summed E-state index contributed by atoms with van der Waals surface area (Å²) in [5, 5.41) is 32.0. The Morgan fingerprint density at radius 1 is 1.52 bits per heavy atom. The topological polar surface area (TPSA) is 100 Å². The van der Waals surface area contributed by atoms with Gasteiger partial charge in [-0.05, 0) is 18.9 Å². The van der Waals surface area contributed by atoms with Crippen LogP contribution in [0.4, 0.5) is 5.69 Å². The first-order valence-corrected chi connectivity index (χ1v) is 7.02. The number of rotatable bonds is 5. The molecule has 7 heteroatoms. The molecule has 1 aliphatic heterocycles. The summed E-state index contributed by atoms with van der Waals surface area (Å²) in [4.78, 5) is 11.5. The molecule has 1 aromatic carbocycles. The molecule has 0 bridgehead atoms. The van der Waals surface area contributed by atoms with Crippen molar-refractivity contribution in [3.8, 4) is 11.5 Å². The van der Waals surface area contributed by atoms with Crippen LogP contribution in [-0.4, -0.2) is 36.8 Å². The van der Waals surface area contributed by atoms with Crippen molar-refractivity contribution in [3.63, 3.8) is 0 Å². The molecule has 7 nitrogen and oxygen atoms in total. The van der Waals surface area contributed by atoms with Crippen LogP contribution in [0.3, 0.4) is 0 Å². The zero-order valence-corrected chi connectivity index (χ0v) is 12.0. The number of hydrogen-bond donors (Lipinski definition) is 2. The average molecular weight is 296 g/mol. The highest BCUT2D eigenvalue weighted by Gasteiger charge is 2.23. The Balaban J connectivity index is 2.19. The normalized spacial score (nSPS) is 22.0. The van der Waals surface area contributed by atoms with E-state index in [0.29, 0.717) is 12.1 Å². The van der Waals surface area contributed by atoms with Crippen molar-refractivity contribution in [2.24, 2.45) is 5.92 Å². The van der Waals surface area contributed by atoms with Gasteiger partial charge in [-0.3, -0.25) is 10.1 Å². The van der Waals surface area contributed by atoms with Crippen LogP contribution < -0.4 is 14.7 Å². The Bertz CT molecular complexity index is 520. The van der Waals surface area contributed by atoms with Gasteiger partial charge >= 0.3 is 0 Å². The Labute approximate surface area is 122 Å². The molecule has 0 radical (unpaired) electrons. The van der Waals surface area contributed by atoms with Crippen LogP contribution in [0.2, 0.25) is 0 Å². The quantitative estimate of drug-likeness (QED) is 0.562. The van der Waals surface area contributed by atoms with Gasteiger partial charge in [0.2, 0.25) is 0 Å². The van der Waals surface area contributed by atoms with Crippen molar-refractivity contribution in [2.45, 2.75) is 19.4 Å². The van der Waals surface area contributed by atoms with Crippen molar-refractivity contribution in [3.05, 3.63) is 27.8 Å². The zero-order valence-electron chi connectivity index (χ0n) is 12.0. The van der Waals surface area contributed by atoms with Gasteiger partial charge in [-0.15, -0.1) is 0 Å². The van der Waals surface area contributed by atoms with Gasteiger partial charge in [0, 0.05) is 23.3 Å². The van der Waals surface area contributed by atoms with E-state index in [4.69, 9.17) is 4.74 Å². The Morgan fingerprint density at radius 3 is 2.90 bits per heavy atom. The lowest BCUT2D eigenvalue weighted by molar-refractivity contribution is -0.922. The number of hydrogen-bond acceptors (Lipinski definition) is 5. The van der Waals surface area contributed by atoms with E-state index in [-0.39, 0.29) is 18.3 Å². The summed E-state index contributed by atoms with van der Waals surface area (Å²) in [7, 11) is 1.33. The minimum Gasteiger partial charge on any atom is -0.865 e. The lowest BCUT2D eigenvalue weighted by atomic mass is 9.98. The SMILES string of the molecule is COc1cc(C[NH+]2CCC[C@H](CO)C2)cc([N+](=O)[O-])c1[O-]. The first-order chi connectivity index (χ1) is 10.0. The minimum atomic E-state index is -0.687. The molecule has 2 N–H and O–H groups in total. The standard InChI is InChI=1S/C14H20N2O5/c1-21-13-6-11(5-12(14(13)18)16(19)20)8-15-4-2-3-10(7-15)9-17/h5-6,10,17-18H,2-4,7-9H2,1H3/t10-/m0/s1. The molecular formula is C14H20N2O5. The number of aliphatic hydroxyl groups is 1. The minimum absolute atomic E-state index is 0.00863. The number of benzene rings is 1. The maximum absolute atomic E-state index is 11.8. The molecule has 1 aliphatic rings. The first kappa shape index (κ1) is 15.5. The summed E-state index contributed by atoms with van der Waals surface area (Å²) in [6.45, 7) is 2.57. The highest BCUT2D eigenvalue weighted by atomic mass is 16.6.